The maximum atomic E-state index is 13.8. The minimum atomic E-state index is -0.539. The predicted molar refractivity (Wildman–Crippen MR) is 142 cm³/mol. The van der Waals surface area contributed by atoms with Crippen molar-refractivity contribution in [3.63, 3.8) is 0 Å². The highest BCUT2D eigenvalue weighted by molar-refractivity contribution is 6.39. The van der Waals surface area contributed by atoms with E-state index in [0.717, 1.165) is 12.8 Å². The van der Waals surface area contributed by atoms with Crippen molar-refractivity contribution in [3.05, 3.63) is 34.2 Å². The first-order valence-electron chi connectivity index (χ1n) is 12.6. The molecule has 0 spiro atoms. The number of benzene rings is 1. The molecule has 2 saturated carbocycles. The van der Waals surface area contributed by atoms with Crippen LogP contribution in [0.25, 0.3) is 11.2 Å². The molecule has 5 N–H and O–H groups in total. The van der Waals surface area contributed by atoms with E-state index < -0.39 is 5.82 Å². The van der Waals surface area contributed by atoms with Crippen LogP contribution in [0, 0.1) is 17.7 Å². The molecule has 37 heavy (non-hydrogen) atoms. The summed E-state index contributed by atoms with van der Waals surface area (Å²) >= 11 is 12.6. The first kappa shape index (κ1) is 25.9. The monoisotopic (exact) mass is 549 g/mol. The Labute approximate surface area is 224 Å². The molecule has 0 unspecified atom stereocenters. The van der Waals surface area contributed by atoms with Crippen molar-refractivity contribution < 1.29 is 14.3 Å². The molecule has 0 aliphatic heterocycles. The molecule has 12 heteroatoms. The number of anilines is 3. The summed E-state index contributed by atoms with van der Waals surface area (Å²) < 4.78 is 15.8. The zero-order valence-electron chi connectivity index (χ0n) is 20.4. The first-order valence-corrected chi connectivity index (χ1v) is 13.4. The van der Waals surface area contributed by atoms with Crippen molar-refractivity contribution in [2.24, 2.45) is 17.6 Å². The number of carbonyl (C=O) groups is 1. The number of amides is 1. The SMILES string of the molecule is C[C@@H]1CC[C@@H](Nc2ncc3nc(Nc4c(Cl)cc(F)cc4Cl)n([C@H]4CC[C@@H](C(N)=O)CC4)c3n2)C[C@H]1O. The van der Waals surface area contributed by atoms with Gasteiger partial charge in [0.1, 0.15) is 11.3 Å². The van der Waals surface area contributed by atoms with Crippen molar-refractivity contribution in [1.82, 2.24) is 19.5 Å². The van der Waals surface area contributed by atoms with Gasteiger partial charge in [-0.3, -0.25) is 9.36 Å². The Balaban J connectivity index is 1.50. The smallest absolute Gasteiger partial charge is 0.224 e. The van der Waals surface area contributed by atoms with Gasteiger partial charge < -0.3 is 21.5 Å². The number of hydrogen-bond donors (Lipinski definition) is 4. The number of primary amides is 1. The van der Waals surface area contributed by atoms with E-state index in [4.69, 9.17) is 38.9 Å². The maximum absolute atomic E-state index is 13.8. The Morgan fingerprint density at radius 2 is 1.84 bits per heavy atom. The van der Waals surface area contributed by atoms with E-state index in [1.54, 1.807) is 6.20 Å². The first-order chi connectivity index (χ1) is 17.7. The Morgan fingerprint density at radius 1 is 1.14 bits per heavy atom. The van der Waals surface area contributed by atoms with Crippen molar-refractivity contribution >= 4 is 57.9 Å². The molecule has 2 aromatic heterocycles. The molecule has 0 radical (unpaired) electrons. The molecule has 2 fully saturated rings. The molecule has 0 bridgehead atoms. The molecule has 1 aromatic carbocycles. The van der Waals surface area contributed by atoms with Crippen LogP contribution in [0.3, 0.4) is 0 Å². The number of fused-ring (bicyclic) bond motifs is 1. The summed E-state index contributed by atoms with van der Waals surface area (Å²) in [5.41, 5.74) is 7.07. The molecule has 198 valence electrons. The molecule has 3 atom stereocenters. The van der Waals surface area contributed by atoms with E-state index >= 15 is 0 Å². The number of nitrogens with two attached hydrogens (primary N) is 1. The standard InChI is InChI=1S/C25H30Cl2FN7O2/c1-12-2-5-15(10-20(12)36)31-24-30-11-19-23(34-24)35(16-6-3-13(4-7-16)22(29)37)25(32-19)33-21-17(26)8-14(28)9-18(21)27/h8-9,11-13,15-16,20,36H,2-7,10H2,1H3,(H2,29,37)(H,32,33)(H,30,31,34)/t12-,13-,15-,16+,20-/m1/s1. The summed E-state index contributed by atoms with van der Waals surface area (Å²) in [6, 6.07) is 2.42. The average molecular weight is 550 g/mol. The van der Waals surface area contributed by atoms with E-state index in [9.17, 15) is 14.3 Å². The highest BCUT2D eigenvalue weighted by Crippen LogP contribution is 2.39. The summed E-state index contributed by atoms with van der Waals surface area (Å²) in [5, 5.41) is 17.1. The third-order valence-corrected chi connectivity index (χ3v) is 8.22. The molecule has 2 heterocycles. The fourth-order valence-corrected chi connectivity index (χ4v) is 5.95. The van der Waals surface area contributed by atoms with Gasteiger partial charge in [-0.25, -0.2) is 14.4 Å². The second kappa shape index (κ2) is 10.6. The zero-order chi connectivity index (χ0) is 26.3. The molecule has 1 amide bonds. The van der Waals surface area contributed by atoms with Gasteiger partial charge in [0.2, 0.25) is 17.8 Å². The molecular formula is C25H30Cl2FN7O2. The van der Waals surface area contributed by atoms with Crippen LogP contribution in [0.1, 0.15) is 57.9 Å². The fraction of sp³-hybridized carbons (Fsp3) is 0.520. The van der Waals surface area contributed by atoms with Gasteiger partial charge in [0, 0.05) is 18.0 Å². The van der Waals surface area contributed by atoms with Crippen molar-refractivity contribution in [2.45, 2.75) is 70.1 Å². The molecule has 0 saturated heterocycles. The maximum Gasteiger partial charge on any atom is 0.224 e. The van der Waals surface area contributed by atoms with Crippen LogP contribution in [-0.4, -0.2) is 42.7 Å². The topological polar surface area (TPSA) is 131 Å². The van der Waals surface area contributed by atoms with Crippen LogP contribution in [0.5, 0.6) is 0 Å². The summed E-state index contributed by atoms with van der Waals surface area (Å²) in [6.45, 7) is 2.06. The van der Waals surface area contributed by atoms with Crippen LogP contribution in [0.15, 0.2) is 18.3 Å². The molecule has 2 aliphatic rings. The zero-order valence-corrected chi connectivity index (χ0v) is 21.9. The van der Waals surface area contributed by atoms with Crippen molar-refractivity contribution in [3.8, 4) is 0 Å². The lowest BCUT2D eigenvalue weighted by Crippen LogP contribution is -2.35. The third kappa shape index (κ3) is 5.46. The number of rotatable bonds is 6. The average Bonchev–Trinajstić information content (AvgIpc) is 3.21. The van der Waals surface area contributed by atoms with E-state index in [-0.39, 0.29) is 46.0 Å². The van der Waals surface area contributed by atoms with E-state index in [1.807, 2.05) is 4.57 Å². The number of hydrogen-bond acceptors (Lipinski definition) is 7. The minimum absolute atomic E-state index is 0.0128. The van der Waals surface area contributed by atoms with Gasteiger partial charge in [0.15, 0.2) is 5.65 Å². The van der Waals surface area contributed by atoms with Crippen molar-refractivity contribution in [1.29, 1.82) is 0 Å². The lowest BCUT2D eigenvalue weighted by Gasteiger charge is -2.31. The summed E-state index contributed by atoms with van der Waals surface area (Å²) in [5.74, 6) is 0.196. The Morgan fingerprint density at radius 3 is 2.49 bits per heavy atom. The van der Waals surface area contributed by atoms with E-state index in [1.165, 1.54) is 12.1 Å². The van der Waals surface area contributed by atoms with Gasteiger partial charge in [-0.05, 0) is 63.0 Å². The highest BCUT2D eigenvalue weighted by Gasteiger charge is 2.30. The largest absolute Gasteiger partial charge is 0.393 e. The Kier molecular flexibility index (Phi) is 7.42. The Bertz CT molecular complexity index is 1290. The number of nitrogens with zero attached hydrogens (tertiary/aromatic N) is 4. The molecule has 3 aromatic rings. The van der Waals surface area contributed by atoms with E-state index in [2.05, 4.69) is 22.5 Å². The second-order valence-electron chi connectivity index (χ2n) is 10.2. The van der Waals surface area contributed by atoms with E-state index in [0.29, 0.717) is 60.9 Å². The normalized spacial score (nSPS) is 26.2. The number of imidazole rings is 1. The van der Waals surface area contributed by atoms with Crippen LogP contribution < -0.4 is 16.4 Å². The van der Waals surface area contributed by atoms with Crippen LogP contribution >= 0.6 is 23.2 Å². The van der Waals surface area contributed by atoms with Gasteiger partial charge in [0.25, 0.3) is 0 Å². The Hall–Kier alpha value is -2.69. The molecular weight excluding hydrogens is 520 g/mol. The summed E-state index contributed by atoms with van der Waals surface area (Å²) in [7, 11) is 0. The number of aliphatic hydroxyl groups is 1. The number of halogens is 3. The van der Waals surface area contributed by atoms with Crippen LogP contribution in [0.2, 0.25) is 10.0 Å². The predicted octanol–water partition coefficient (Wildman–Crippen LogP) is 5.19. The number of carbonyl (C=O) groups excluding carboxylic acids is 1. The highest BCUT2D eigenvalue weighted by atomic mass is 35.5. The lowest BCUT2D eigenvalue weighted by atomic mass is 9.85. The summed E-state index contributed by atoms with van der Waals surface area (Å²) in [6.07, 6.45) is 6.50. The minimum Gasteiger partial charge on any atom is -0.393 e. The molecule has 2 aliphatic carbocycles. The molecule has 9 nitrogen and oxygen atoms in total. The van der Waals surface area contributed by atoms with Gasteiger partial charge in [-0.1, -0.05) is 30.1 Å². The molecule has 5 rings (SSSR count). The van der Waals surface area contributed by atoms with Gasteiger partial charge in [-0.15, -0.1) is 0 Å². The van der Waals surface area contributed by atoms with Crippen LogP contribution in [0.4, 0.5) is 22.0 Å². The number of aliphatic hydroxyl groups excluding tert-OH is 1. The van der Waals surface area contributed by atoms with Gasteiger partial charge >= 0.3 is 0 Å². The summed E-state index contributed by atoms with van der Waals surface area (Å²) in [4.78, 5) is 25.7. The fourth-order valence-electron chi connectivity index (χ4n) is 5.40. The van der Waals surface area contributed by atoms with Gasteiger partial charge in [-0.2, -0.15) is 4.98 Å². The second-order valence-corrected chi connectivity index (χ2v) is 11.0. The number of aromatic nitrogens is 4. The number of nitrogens with one attached hydrogen (secondary N) is 2. The lowest BCUT2D eigenvalue weighted by molar-refractivity contribution is -0.122. The third-order valence-electron chi connectivity index (χ3n) is 7.63. The van der Waals surface area contributed by atoms with Crippen LogP contribution in [-0.2, 0) is 4.79 Å². The van der Waals surface area contributed by atoms with Crippen molar-refractivity contribution in [2.75, 3.05) is 10.6 Å². The quantitative estimate of drug-likeness (QED) is 0.332. The van der Waals surface area contributed by atoms with Gasteiger partial charge in [0.05, 0.1) is 28.0 Å².